The van der Waals surface area contributed by atoms with E-state index in [0.717, 1.165) is 19.3 Å². The molecule has 0 aromatic carbocycles. The highest BCUT2D eigenvalue weighted by Crippen LogP contribution is 2.29. The van der Waals surface area contributed by atoms with Gasteiger partial charge in [0.25, 0.3) is 0 Å². The maximum Gasteiger partial charge on any atom is 0.0307 e. The lowest BCUT2D eigenvalue weighted by Gasteiger charge is -2.39. The maximum atomic E-state index is 6.26. The Bertz CT molecular complexity index is 136. The molecule has 2 heteroatoms. The Morgan fingerprint density at radius 1 is 1.42 bits per heavy atom. The quantitative estimate of drug-likeness (QED) is 0.678. The van der Waals surface area contributed by atoms with Crippen LogP contribution in [0, 0.1) is 0 Å². The molecule has 0 aliphatic heterocycles. The van der Waals surface area contributed by atoms with Gasteiger partial charge in [-0.25, -0.2) is 0 Å². The second-order valence-electron chi connectivity index (χ2n) is 4.19. The Balaban J connectivity index is 2.42. The Hall–Kier alpha value is -0.0800. The van der Waals surface area contributed by atoms with Crippen molar-refractivity contribution in [1.29, 1.82) is 0 Å². The third kappa shape index (κ3) is 2.20. The first-order chi connectivity index (χ1) is 5.69. The highest BCUT2D eigenvalue weighted by atomic mass is 14.9. The molecule has 0 aromatic rings. The van der Waals surface area contributed by atoms with E-state index in [1.807, 2.05) is 0 Å². The standard InChI is InChI=1S/C10H22N2/c1-2-3-7-10(12)8-5-4-6-9(10)11/h9H,2-8,11-12H2,1H3/t9-,10+/m0/s1. The number of rotatable bonds is 3. The van der Waals surface area contributed by atoms with Gasteiger partial charge < -0.3 is 11.5 Å². The highest BCUT2D eigenvalue weighted by molar-refractivity contribution is 4.96. The zero-order chi connectivity index (χ0) is 9.03. The molecule has 1 aliphatic rings. The normalized spacial score (nSPS) is 36.8. The molecule has 4 N–H and O–H groups in total. The Labute approximate surface area is 75.7 Å². The SMILES string of the molecule is CCCC[C@@]1(N)CCCC[C@@H]1N. The molecule has 2 atom stereocenters. The molecule has 1 fully saturated rings. The summed E-state index contributed by atoms with van der Waals surface area (Å²) in [6.45, 7) is 2.21. The largest absolute Gasteiger partial charge is 0.326 e. The van der Waals surface area contributed by atoms with Crippen molar-refractivity contribution < 1.29 is 0 Å². The summed E-state index contributed by atoms with van der Waals surface area (Å²) < 4.78 is 0. The Morgan fingerprint density at radius 3 is 2.75 bits per heavy atom. The van der Waals surface area contributed by atoms with E-state index in [0.29, 0.717) is 0 Å². The van der Waals surface area contributed by atoms with Crippen LogP contribution in [-0.4, -0.2) is 11.6 Å². The molecule has 0 aromatic heterocycles. The van der Waals surface area contributed by atoms with Crippen LogP contribution in [0.25, 0.3) is 0 Å². The number of hydrogen-bond donors (Lipinski definition) is 2. The van der Waals surface area contributed by atoms with Crippen molar-refractivity contribution in [3.63, 3.8) is 0 Å². The van der Waals surface area contributed by atoms with E-state index in [1.165, 1.54) is 25.7 Å². The van der Waals surface area contributed by atoms with Gasteiger partial charge in [-0.2, -0.15) is 0 Å². The maximum absolute atomic E-state index is 6.26. The summed E-state index contributed by atoms with van der Waals surface area (Å²) in [6.07, 6.45) is 8.37. The van der Waals surface area contributed by atoms with Crippen molar-refractivity contribution in [2.24, 2.45) is 11.5 Å². The fourth-order valence-corrected chi connectivity index (χ4v) is 2.11. The fraction of sp³-hybridized carbons (Fsp3) is 1.00. The van der Waals surface area contributed by atoms with E-state index in [4.69, 9.17) is 11.5 Å². The molecule has 0 spiro atoms. The smallest absolute Gasteiger partial charge is 0.0307 e. The zero-order valence-electron chi connectivity index (χ0n) is 8.18. The first kappa shape index (κ1) is 10.0. The molecule has 1 rings (SSSR count). The monoisotopic (exact) mass is 170 g/mol. The fourth-order valence-electron chi connectivity index (χ4n) is 2.11. The van der Waals surface area contributed by atoms with Crippen molar-refractivity contribution in [2.45, 2.75) is 63.5 Å². The van der Waals surface area contributed by atoms with Crippen LogP contribution in [0.5, 0.6) is 0 Å². The minimum Gasteiger partial charge on any atom is -0.326 e. The third-order valence-corrected chi connectivity index (χ3v) is 3.14. The first-order valence-electron chi connectivity index (χ1n) is 5.23. The van der Waals surface area contributed by atoms with Crippen LogP contribution in [0.3, 0.4) is 0 Å². The van der Waals surface area contributed by atoms with E-state index in [2.05, 4.69) is 6.92 Å². The minimum atomic E-state index is -0.0335. The summed E-state index contributed by atoms with van der Waals surface area (Å²) in [5, 5.41) is 0. The van der Waals surface area contributed by atoms with Crippen LogP contribution < -0.4 is 11.5 Å². The average molecular weight is 170 g/mol. The van der Waals surface area contributed by atoms with Gasteiger partial charge in [-0.05, 0) is 19.3 Å². The van der Waals surface area contributed by atoms with Gasteiger partial charge in [-0.3, -0.25) is 0 Å². The van der Waals surface area contributed by atoms with Crippen molar-refractivity contribution >= 4 is 0 Å². The van der Waals surface area contributed by atoms with E-state index in [9.17, 15) is 0 Å². The number of hydrogen-bond acceptors (Lipinski definition) is 2. The average Bonchev–Trinajstić information content (AvgIpc) is 2.07. The van der Waals surface area contributed by atoms with Crippen LogP contribution in [0.2, 0.25) is 0 Å². The summed E-state index contributed by atoms with van der Waals surface area (Å²) in [5.41, 5.74) is 12.3. The summed E-state index contributed by atoms with van der Waals surface area (Å²) >= 11 is 0. The first-order valence-corrected chi connectivity index (χ1v) is 5.23. The molecule has 12 heavy (non-hydrogen) atoms. The van der Waals surface area contributed by atoms with E-state index in [-0.39, 0.29) is 11.6 Å². The summed E-state index contributed by atoms with van der Waals surface area (Å²) in [6, 6.07) is 0.248. The number of nitrogens with two attached hydrogens (primary N) is 2. The van der Waals surface area contributed by atoms with Gasteiger partial charge in [0, 0.05) is 11.6 Å². The summed E-state index contributed by atoms with van der Waals surface area (Å²) in [5.74, 6) is 0. The van der Waals surface area contributed by atoms with Crippen LogP contribution in [0.15, 0.2) is 0 Å². The van der Waals surface area contributed by atoms with Crippen LogP contribution in [0.1, 0.15) is 51.9 Å². The second-order valence-corrected chi connectivity index (χ2v) is 4.19. The molecule has 72 valence electrons. The van der Waals surface area contributed by atoms with Gasteiger partial charge in [0.15, 0.2) is 0 Å². The van der Waals surface area contributed by atoms with E-state index < -0.39 is 0 Å². The molecular weight excluding hydrogens is 148 g/mol. The van der Waals surface area contributed by atoms with Crippen LogP contribution in [-0.2, 0) is 0 Å². The lowest BCUT2D eigenvalue weighted by Crippen LogP contribution is -2.56. The predicted molar refractivity (Wildman–Crippen MR) is 52.9 cm³/mol. The van der Waals surface area contributed by atoms with Gasteiger partial charge in [0.1, 0.15) is 0 Å². The van der Waals surface area contributed by atoms with Crippen molar-refractivity contribution in [3.05, 3.63) is 0 Å². The Kier molecular flexibility index (Phi) is 3.53. The molecule has 1 saturated carbocycles. The zero-order valence-corrected chi connectivity index (χ0v) is 8.18. The molecule has 0 heterocycles. The topological polar surface area (TPSA) is 52.0 Å². The van der Waals surface area contributed by atoms with Crippen molar-refractivity contribution in [1.82, 2.24) is 0 Å². The minimum absolute atomic E-state index is 0.0335. The lowest BCUT2D eigenvalue weighted by atomic mass is 9.75. The van der Waals surface area contributed by atoms with Gasteiger partial charge in [-0.1, -0.05) is 32.6 Å². The van der Waals surface area contributed by atoms with Gasteiger partial charge >= 0.3 is 0 Å². The summed E-state index contributed by atoms with van der Waals surface area (Å²) in [4.78, 5) is 0. The van der Waals surface area contributed by atoms with Crippen molar-refractivity contribution in [2.75, 3.05) is 0 Å². The van der Waals surface area contributed by atoms with Gasteiger partial charge in [-0.15, -0.1) is 0 Å². The second kappa shape index (κ2) is 4.24. The third-order valence-electron chi connectivity index (χ3n) is 3.14. The molecular formula is C10H22N2. The van der Waals surface area contributed by atoms with Gasteiger partial charge in [0.05, 0.1) is 0 Å². The molecule has 0 saturated heterocycles. The lowest BCUT2D eigenvalue weighted by molar-refractivity contribution is 0.232. The molecule has 1 aliphatic carbocycles. The molecule has 0 unspecified atom stereocenters. The van der Waals surface area contributed by atoms with E-state index in [1.54, 1.807) is 0 Å². The highest BCUT2D eigenvalue weighted by Gasteiger charge is 2.33. The van der Waals surface area contributed by atoms with Crippen molar-refractivity contribution in [3.8, 4) is 0 Å². The number of unbranched alkanes of at least 4 members (excludes halogenated alkanes) is 1. The van der Waals surface area contributed by atoms with Crippen LogP contribution >= 0.6 is 0 Å². The van der Waals surface area contributed by atoms with E-state index >= 15 is 0 Å². The predicted octanol–water partition coefficient (Wildman–Crippen LogP) is 1.78. The molecule has 2 nitrogen and oxygen atoms in total. The van der Waals surface area contributed by atoms with Gasteiger partial charge in [0.2, 0.25) is 0 Å². The Morgan fingerprint density at radius 2 is 2.17 bits per heavy atom. The molecule has 0 radical (unpaired) electrons. The molecule has 0 amide bonds. The van der Waals surface area contributed by atoms with Crippen LogP contribution in [0.4, 0.5) is 0 Å². The molecule has 0 bridgehead atoms. The summed E-state index contributed by atoms with van der Waals surface area (Å²) in [7, 11) is 0.